The van der Waals surface area contributed by atoms with Crippen molar-refractivity contribution in [2.45, 2.75) is 45.1 Å². The molecule has 1 aliphatic heterocycles. The van der Waals surface area contributed by atoms with E-state index in [1.54, 1.807) is 11.4 Å². The second-order valence-electron chi connectivity index (χ2n) is 4.52. The van der Waals surface area contributed by atoms with Gasteiger partial charge in [0.1, 0.15) is 0 Å². The van der Waals surface area contributed by atoms with Crippen LogP contribution >= 0.6 is 0 Å². The number of nitrogens with one attached hydrogen (secondary N) is 1. The van der Waals surface area contributed by atoms with Crippen molar-refractivity contribution in [3.63, 3.8) is 0 Å². The second kappa shape index (κ2) is 6.57. The van der Waals surface area contributed by atoms with Crippen molar-refractivity contribution >= 4 is 10.0 Å². The third-order valence-electron chi connectivity index (χ3n) is 3.25. The van der Waals surface area contributed by atoms with Gasteiger partial charge in [0, 0.05) is 13.1 Å². The molecule has 0 bridgehead atoms. The van der Waals surface area contributed by atoms with Crippen molar-refractivity contribution in [2.75, 3.05) is 25.9 Å². The van der Waals surface area contributed by atoms with Gasteiger partial charge in [0.25, 0.3) is 0 Å². The van der Waals surface area contributed by atoms with Gasteiger partial charge in [-0.3, -0.25) is 0 Å². The van der Waals surface area contributed by atoms with Gasteiger partial charge in [-0.15, -0.1) is 0 Å². The van der Waals surface area contributed by atoms with Crippen LogP contribution in [-0.2, 0) is 10.0 Å². The SMILES string of the molecule is CCCCS(=O)(=O)N(C)C1CCCNCC1. The lowest BCUT2D eigenvalue weighted by molar-refractivity contribution is 0.341. The predicted octanol–water partition coefficient (Wildman–Crippen LogP) is 1.19. The molecule has 0 aromatic rings. The molecule has 4 nitrogen and oxygen atoms in total. The Bertz CT molecular complexity index is 282. The van der Waals surface area contributed by atoms with E-state index in [0.717, 1.165) is 45.2 Å². The zero-order valence-electron chi connectivity index (χ0n) is 10.4. The molecule has 1 rings (SSSR count). The molecule has 1 fully saturated rings. The van der Waals surface area contributed by atoms with E-state index in [-0.39, 0.29) is 6.04 Å². The van der Waals surface area contributed by atoms with Crippen LogP contribution in [0.1, 0.15) is 39.0 Å². The molecule has 1 heterocycles. The Morgan fingerprint density at radius 3 is 2.75 bits per heavy atom. The van der Waals surface area contributed by atoms with Crippen LogP contribution in [0.25, 0.3) is 0 Å². The van der Waals surface area contributed by atoms with E-state index in [1.807, 2.05) is 6.92 Å². The standard InChI is InChI=1S/C11H24N2O2S/c1-3-4-10-16(14,15)13(2)11-6-5-8-12-9-7-11/h11-12H,3-10H2,1-2H3. The van der Waals surface area contributed by atoms with Gasteiger partial charge < -0.3 is 5.32 Å². The van der Waals surface area contributed by atoms with E-state index in [9.17, 15) is 8.42 Å². The van der Waals surface area contributed by atoms with Crippen molar-refractivity contribution in [2.24, 2.45) is 0 Å². The van der Waals surface area contributed by atoms with Crippen molar-refractivity contribution in [1.29, 1.82) is 0 Å². The number of nitrogens with zero attached hydrogens (tertiary/aromatic N) is 1. The third-order valence-corrected chi connectivity index (χ3v) is 5.23. The van der Waals surface area contributed by atoms with Crippen molar-refractivity contribution in [3.8, 4) is 0 Å². The summed E-state index contributed by atoms with van der Waals surface area (Å²) in [4.78, 5) is 0. The zero-order valence-corrected chi connectivity index (χ0v) is 11.2. The summed E-state index contributed by atoms with van der Waals surface area (Å²) in [7, 11) is -1.30. The Morgan fingerprint density at radius 2 is 2.06 bits per heavy atom. The minimum absolute atomic E-state index is 0.192. The molecular weight excluding hydrogens is 224 g/mol. The lowest BCUT2D eigenvalue weighted by Gasteiger charge is -2.26. The second-order valence-corrected chi connectivity index (χ2v) is 6.67. The molecule has 0 radical (unpaired) electrons. The van der Waals surface area contributed by atoms with Gasteiger partial charge in [-0.2, -0.15) is 0 Å². The molecule has 1 N–H and O–H groups in total. The van der Waals surface area contributed by atoms with E-state index in [1.165, 1.54) is 0 Å². The van der Waals surface area contributed by atoms with Crippen molar-refractivity contribution in [1.82, 2.24) is 9.62 Å². The first-order valence-corrected chi connectivity index (χ1v) is 7.85. The van der Waals surface area contributed by atoms with E-state index in [4.69, 9.17) is 0 Å². The van der Waals surface area contributed by atoms with Crippen LogP contribution in [0.15, 0.2) is 0 Å². The van der Waals surface area contributed by atoms with E-state index in [0.29, 0.717) is 5.75 Å². The number of hydrogen-bond donors (Lipinski definition) is 1. The molecule has 1 aliphatic rings. The van der Waals surface area contributed by atoms with Gasteiger partial charge in [-0.25, -0.2) is 12.7 Å². The first-order chi connectivity index (χ1) is 7.58. The highest BCUT2D eigenvalue weighted by Crippen LogP contribution is 2.16. The molecule has 0 saturated carbocycles. The normalized spacial score (nSPS) is 23.3. The Hall–Kier alpha value is -0.130. The topological polar surface area (TPSA) is 49.4 Å². The smallest absolute Gasteiger partial charge is 0.214 e. The molecule has 0 aromatic heterocycles. The summed E-state index contributed by atoms with van der Waals surface area (Å²) in [6.07, 6.45) is 4.67. The number of rotatable bonds is 5. The highest BCUT2D eigenvalue weighted by Gasteiger charge is 2.25. The van der Waals surface area contributed by atoms with E-state index < -0.39 is 10.0 Å². The maximum atomic E-state index is 12.0. The van der Waals surface area contributed by atoms with Crippen LogP contribution in [0, 0.1) is 0 Å². The number of sulfonamides is 1. The molecule has 1 atom stereocenters. The minimum atomic E-state index is -3.03. The largest absolute Gasteiger partial charge is 0.317 e. The Morgan fingerprint density at radius 1 is 1.31 bits per heavy atom. The molecule has 1 unspecified atom stereocenters. The Kier molecular flexibility index (Phi) is 5.72. The van der Waals surface area contributed by atoms with Gasteiger partial charge in [-0.05, 0) is 38.8 Å². The fourth-order valence-corrected chi connectivity index (χ4v) is 3.67. The molecule has 0 spiro atoms. The third kappa shape index (κ3) is 4.03. The zero-order chi connectivity index (χ0) is 12.0. The van der Waals surface area contributed by atoms with Crippen LogP contribution in [0.3, 0.4) is 0 Å². The molecule has 5 heteroatoms. The summed E-state index contributed by atoms with van der Waals surface area (Å²) in [5, 5.41) is 3.31. The highest BCUT2D eigenvalue weighted by atomic mass is 32.2. The molecule has 0 amide bonds. The number of unbranched alkanes of at least 4 members (excludes halogenated alkanes) is 1. The fourth-order valence-electron chi connectivity index (χ4n) is 2.06. The quantitative estimate of drug-likeness (QED) is 0.795. The predicted molar refractivity (Wildman–Crippen MR) is 67.0 cm³/mol. The molecule has 0 aliphatic carbocycles. The van der Waals surface area contributed by atoms with Crippen molar-refractivity contribution in [3.05, 3.63) is 0 Å². The van der Waals surface area contributed by atoms with Crippen LogP contribution in [-0.4, -0.2) is 44.7 Å². The van der Waals surface area contributed by atoms with Gasteiger partial charge in [0.2, 0.25) is 10.0 Å². The lowest BCUT2D eigenvalue weighted by Crippen LogP contribution is -2.38. The van der Waals surface area contributed by atoms with Crippen LogP contribution in [0.2, 0.25) is 0 Å². The lowest BCUT2D eigenvalue weighted by atomic mass is 10.1. The molecule has 1 saturated heterocycles. The molecule has 0 aromatic carbocycles. The summed E-state index contributed by atoms with van der Waals surface area (Å²) in [6, 6.07) is 0.192. The first kappa shape index (κ1) is 13.9. The fraction of sp³-hybridized carbons (Fsp3) is 1.00. The Balaban J connectivity index is 2.56. The van der Waals surface area contributed by atoms with Gasteiger partial charge >= 0.3 is 0 Å². The summed E-state index contributed by atoms with van der Waals surface area (Å²) in [5.41, 5.74) is 0. The van der Waals surface area contributed by atoms with Crippen LogP contribution < -0.4 is 5.32 Å². The summed E-state index contributed by atoms with van der Waals surface area (Å²) < 4.78 is 25.6. The van der Waals surface area contributed by atoms with Gasteiger partial charge in [-0.1, -0.05) is 13.3 Å². The Labute approximate surface area is 99.5 Å². The maximum Gasteiger partial charge on any atom is 0.214 e. The first-order valence-electron chi connectivity index (χ1n) is 6.24. The van der Waals surface area contributed by atoms with E-state index in [2.05, 4.69) is 5.32 Å². The maximum absolute atomic E-state index is 12.0. The summed E-state index contributed by atoms with van der Waals surface area (Å²) in [6.45, 7) is 3.96. The molecule has 16 heavy (non-hydrogen) atoms. The highest BCUT2D eigenvalue weighted by molar-refractivity contribution is 7.89. The average molecular weight is 248 g/mol. The van der Waals surface area contributed by atoms with Crippen molar-refractivity contribution < 1.29 is 8.42 Å². The molecule has 96 valence electrons. The monoisotopic (exact) mass is 248 g/mol. The molecular formula is C11H24N2O2S. The van der Waals surface area contributed by atoms with Crippen LogP contribution in [0.5, 0.6) is 0 Å². The minimum Gasteiger partial charge on any atom is -0.317 e. The summed E-state index contributed by atoms with van der Waals surface area (Å²) >= 11 is 0. The van der Waals surface area contributed by atoms with Gasteiger partial charge in [0.05, 0.1) is 5.75 Å². The number of hydrogen-bond acceptors (Lipinski definition) is 3. The van der Waals surface area contributed by atoms with Crippen LogP contribution in [0.4, 0.5) is 0 Å². The van der Waals surface area contributed by atoms with Gasteiger partial charge in [0.15, 0.2) is 0 Å². The summed E-state index contributed by atoms with van der Waals surface area (Å²) in [5.74, 6) is 0.296. The average Bonchev–Trinajstić information content (AvgIpc) is 2.53. The van der Waals surface area contributed by atoms with E-state index >= 15 is 0 Å².